The van der Waals surface area contributed by atoms with E-state index in [1.165, 1.54) is 24.3 Å². The molecule has 3 aromatic rings. The summed E-state index contributed by atoms with van der Waals surface area (Å²) in [7, 11) is -4.08. The number of sulfonamides is 1. The van der Waals surface area contributed by atoms with E-state index in [-0.39, 0.29) is 10.8 Å². The zero-order valence-corrected chi connectivity index (χ0v) is 20.5. The fourth-order valence-electron chi connectivity index (χ4n) is 3.32. The predicted octanol–water partition coefficient (Wildman–Crippen LogP) is 4.62. The summed E-state index contributed by atoms with van der Waals surface area (Å²) in [5.41, 5.74) is 1.66. The standard InChI is InChI=1S/C25H26ClN3O4S/c1-3-16-27-25(31)21-9-5-6-10-22(21)28-24(30)17-29(23-11-7-4-8-18(23)2)34(32,33)20-14-12-19(26)13-15-20/h4-15H,3,16-17H2,1-2H3,(H,27,31)(H,28,30). The number of benzene rings is 3. The highest BCUT2D eigenvalue weighted by Gasteiger charge is 2.28. The lowest BCUT2D eigenvalue weighted by Gasteiger charge is -2.25. The third-order valence-corrected chi connectivity index (χ3v) is 7.08. The van der Waals surface area contributed by atoms with Crippen molar-refractivity contribution in [3.8, 4) is 0 Å². The molecule has 0 saturated heterocycles. The SMILES string of the molecule is CCCNC(=O)c1ccccc1NC(=O)CN(c1ccccc1C)S(=O)(=O)c1ccc(Cl)cc1. The maximum absolute atomic E-state index is 13.5. The Morgan fingerprint density at radius 2 is 1.59 bits per heavy atom. The number of anilines is 2. The average Bonchev–Trinajstić information content (AvgIpc) is 2.82. The topological polar surface area (TPSA) is 95.6 Å². The van der Waals surface area contributed by atoms with Gasteiger partial charge in [0, 0.05) is 11.6 Å². The van der Waals surface area contributed by atoms with E-state index in [0.717, 1.165) is 10.7 Å². The lowest BCUT2D eigenvalue weighted by atomic mass is 10.1. The maximum atomic E-state index is 13.5. The molecule has 0 aliphatic heterocycles. The third kappa shape index (κ3) is 5.95. The number of carbonyl (C=O) groups excluding carboxylic acids is 2. The third-order valence-electron chi connectivity index (χ3n) is 5.05. The molecule has 0 aromatic heterocycles. The summed E-state index contributed by atoms with van der Waals surface area (Å²) >= 11 is 5.92. The Hall–Kier alpha value is -3.36. The van der Waals surface area contributed by atoms with Crippen LogP contribution in [0.4, 0.5) is 11.4 Å². The number of hydrogen-bond acceptors (Lipinski definition) is 4. The Kier molecular flexibility index (Phi) is 8.31. The molecule has 3 rings (SSSR count). The Bertz CT molecular complexity index is 1280. The van der Waals surface area contributed by atoms with Crippen LogP contribution in [0.1, 0.15) is 29.3 Å². The van der Waals surface area contributed by atoms with Crippen molar-refractivity contribution in [2.45, 2.75) is 25.2 Å². The Labute approximate surface area is 204 Å². The molecule has 2 amide bonds. The second-order valence-corrected chi connectivity index (χ2v) is 9.90. The van der Waals surface area contributed by atoms with Crippen molar-refractivity contribution in [2.75, 3.05) is 22.7 Å². The van der Waals surface area contributed by atoms with E-state index < -0.39 is 22.5 Å². The number of rotatable bonds is 9. The van der Waals surface area contributed by atoms with Crippen LogP contribution in [0.5, 0.6) is 0 Å². The van der Waals surface area contributed by atoms with E-state index in [4.69, 9.17) is 11.6 Å². The van der Waals surface area contributed by atoms with Crippen molar-refractivity contribution in [1.29, 1.82) is 0 Å². The molecule has 9 heteroatoms. The van der Waals surface area contributed by atoms with E-state index in [1.54, 1.807) is 55.5 Å². The molecule has 0 unspecified atom stereocenters. The Morgan fingerprint density at radius 1 is 0.941 bits per heavy atom. The van der Waals surface area contributed by atoms with Gasteiger partial charge >= 0.3 is 0 Å². The van der Waals surface area contributed by atoms with Crippen LogP contribution in [0.3, 0.4) is 0 Å². The lowest BCUT2D eigenvalue weighted by molar-refractivity contribution is -0.114. The molecular weight excluding hydrogens is 474 g/mol. The number of para-hydroxylation sites is 2. The highest BCUT2D eigenvalue weighted by molar-refractivity contribution is 7.92. The molecule has 0 saturated carbocycles. The van der Waals surface area contributed by atoms with Gasteiger partial charge in [-0.2, -0.15) is 0 Å². The van der Waals surface area contributed by atoms with Crippen molar-refractivity contribution in [3.63, 3.8) is 0 Å². The molecule has 0 atom stereocenters. The fraction of sp³-hybridized carbons (Fsp3) is 0.200. The van der Waals surface area contributed by atoms with Crippen molar-refractivity contribution >= 4 is 44.8 Å². The predicted molar refractivity (Wildman–Crippen MR) is 135 cm³/mol. The van der Waals surface area contributed by atoms with E-state index in [9.17, 15) is 18.0 Å². The molecule has 0 fully saturated rings. The summed E-state index contributed by atoms with van der Waals surface area (Å²) in [6, 6.07) is 19.3. The quantitative estimate of drug-likeness (QED) is 0.449. The largest absolute Gasteiger partial charge is 0.352 e. The van der Waals surface area contributed by atoms with Crippen molar-refractivity contribution < 1.29 is 18.0 Å². The minimum absolute atomic E-state index is 0.00676. The fourth-order valence-corrected chi connectivity index (χ4v) is 4.93. The summed E-state index contributed by atoms with van der Waals surface area (Å²) in [6.45, 7) is 3.72. The normalized spacial score (nSPS) is 11.0. The molecule has 2 N–H and O–H groups in total. The highest BCUT2D eigenvalue weighted by atomic mass is 35.5. The van der Waals surface area contributed by atoms with Gasteiger partial charge in [-0.05, 0) is 61.4 Å². The first-order chi connectivity index (χ1) is 16.2. The number of amides is 2. The van der Waals surface area contributed by atoms with E-state index >= 15 is 0 Å². The van der Waals surface area contributed by atoms with Crippen molar-refractivity contribution in [2.24, 2.45) is 0 Å². The molecule has 0 radical (unpaired) electrons. The van der Waals surface area contributed by atoms with Gasteiger partial charge in [0.25, 0.3) is 15.9 Å². The number of hydrogen-bond donors (Lipinski definition) is 2. The van der Waals surface area contributed by atoms with Crippen LogP contribution in [-0.2, 0) is 14.8 Å². The van der Waals surface area contributed by atoms with E-state index in [2.05, 4.69) is 10.6 Å². The van der Waals surface area contributed by atoms with Gasteiger partial charge in [0.15, 0.2) is 0 Å². The lowest BCUT2D eigenvalue weighted by Crippen LogP contribution is -2.39. The summed E-state index contributed by atoms with van der Waals surface area (Å²) in [6.07, 6.45) is 0.772. The van der Waals surface area contributed by atoms with Crippen LogP contribution in [0.2, 0.25) is 5.02 Å². The van der Waals surface area contributed by atoms with Gasteiger partial charge in [-0.3, -0.25) is 13.9 Å². The van der Waals surface area contributed by atoms with Crippen molar-refractivity contribution in [1.82, 2.24) is 5.32 Å². The number of aryl methyl sites for hydroxylation is 1. The van der Waals surface area contributed by atoms with Crippen LogP contribution in [-0.4, -0.2) is 33.3 Å². The molecule has 3 aromatic carbocycles. The summed E-state index contributed by atoms with van der Waals surface area (Å²) in [4.78, 5) is 25.6. The average molecular weight is 500 g/mol. The van der Waals surface area contributed by atoms with Crippen LogP contribution >= 0.6 is 11.6 Å². The first-order valence-electron chi connectivity index (χ1n) is 10.7. The number of carbonyl (C=O) groups is 2. The van der Waals surface area contributed by atoms with Gasteiger partial charge in [-0.25, -0.2) is 8.42 Å². The first kappa shape index (κ1) is 25.3. The van der Waals surface area contributed by atoms with Gasteiger partial charge in [0.2, 0.25) is 5.91 Å². The van der Waals surface area contributed by atoms with Gasteiger partial charge in [-0.15, -0.1) is 0 Å². The molecule has 34 heavy (non-hydrogen) atoms. The number of nitrogens with one attached hydrogen (secondary N) is 2. The number of halogens is 1. The Balaban J connectivity index is 1.93. The second kappa shape index (κ2) is 11.2. The second-order valence-electron chi connectivity index (χ2n) is 7.60. The van der Waals surface area contributed by atoms with Gasteiger partial charge in [-0.1, -0.05) is 48.9 Å². The minimum Gasteiger partial charge on any atom is -0.352 e. The summed E-state index contributed by atoms with van der Waals surface area (Å²) < 4.78 is 28.1. The minimum atomic E-state index is -4.08. The van der Waals surface area contributed by atoms with Gasteiger partial charge in [0.05, 0.1) is 21.8 Å². The smallest absolute Gasteiger partial charge is 0.264 e. The van der Waals surface area contributed by atoms with Crippen LogP contribution in [0.15, 0.2) is 77.7 Å². The van der Waals surface area contributed by atoms with E-state index in [1.807, 2.05) is 6.92 Å². The molecule has 178 valence electrons. The van der Waals surface area contributed by atoms with Crippen LogP contribution < -0.4 is 14.9 Å². The summed E-state index contributed by atoms with van der Waals surface area (Å²) in [5.74, 6) is -0.904. The molecule has 7 nitrogen and oxygen atoms in total. The zero-order valence-electron chi connectivity index (χ0n) is 18.9. The monoisotopic (exact) mass is 499 g/mol. The maximum Gasteiger partial charge on any atom is 0.264 e. The van der Waals surface area contributed by atoms with Crippen molar-refractivity contribution in [3.05, 3.63) is 88.9 Å². The van der Waals surface area contributed by atoms with Crippen LogP contribution in [0, 0.1) is 6.92 Å². The molecular formula is C25H26ClN3O4S. The number of nitrogens with zero attached hydrogens (tertiary/aromatic N) is 1. The summed E-state index contributed by atoms with van der Waals surface area (Å²) in [5, 5.41) is 5.87. The van der Waals surface area contributed by atoms with Gasteiger partial charge < -0.3 is 10.6 Å². The Morgan fingerprint density at radius 3 is 2.26 bits per heavy atom. The highest BCUT2D eigenvalue weighted by Crippen LogP contribution is 2.27. The molecule has 0 heterocycles. The zero-order chi connectivity index (χ0) is 24.7. The molecule has 0 bridgehead atoms. The van der Waals surface area contributed by atoms with Crippen LogP contribution in [0.25, 0.3) is 0 Å². The molecule has 0 spiro atoms. The first-order valence-corrected chi connectivity index (χ1v) is 12.6. The van der Waals surface area contributed by atoms with E-state index in [0.29, 0.717) is 34.1 Å². The molecule has 0 aliphatic carbocycles. The molecule has 0 aliphatic rings. The van der Waals surface area contributed by atoms with Gasteiger partial charge in [0.1, 0.15) is 6.54 Å².